The highest BCUT2D eigenvalue weighted by Gasteiger charge is 2.15. The van der Waals surface area contributed by atoms with Crippen molar-refractivity contribution in [3.05, 3.63) is 51.6 Å². The third-order valence-corrected chi connectivity index (χ3v) is 4.85. The fraction of sp³-hybridized carbons (Fsp3) is 0.188. The van der Waals surface area contributed by atoms with Crippen LogP contribution in [-0.4, -0.2) is 29.3 Å². The third-order valence-electron chi connectivity index (χ3n) is 3.37. The van der Waals surface area contributed by atoms with Crippen LogP contribution in [0.1, 0.15) is 0 Å². The van der Waals surface area contributed by atoms with Crippen LogP contribution in [0.3, 0.4) is 0 Å². The van der Waals surface area contributed by atoms with Gasteiger partial charge in [0, 0.05) is 0 Å². The van der Waals surface area contributed by atoms with Crippen LogP contribution in [0.5, 0.6) is 0 Å². The van der Waals surface area contributed by atoms with Crippen molar-refractivity contribution in [2.45, 2.75) is 6.67 Å². The highest BCUT2D eigenvalue weighted by molar-refractivity contribution is 7.71. The standard InChI is InChI=1S/C16H15ClN4O2S2/c1-20(9-14(22)18-12-6-3-2-5-11(12)17)10-21-16(24)23-15(19-21)13-7-4-8-25-13/h2-8H,9-10H2,1H3,(H,18,22)/p+1. The molecule has 0 spiro atoms. The molecule has 1 aromatic carbocycles. The largest absolute Gasteiger partial charge is 0.408 e. The summed E-state index contributed by atoms with van der Waals surface area (Å²) >= 11 is 12.8. The van der Waals surface area contributed by atoms with Crippen LogP contribution in [0, 0.1) is 4.84 Å². The molecule has 0 aliphatic rings. The lowest BCUT2D eigenvalue weighted by Gasteiger charge is -2.13. The van der Waals surface area contributed by atoms with E-state index in [0.717, 1.165) is 9.78 Å². The maximum absolute atomic E-state index is 12.2. The molecule has 1 atom stereocenters. The Morgan fingerprint density at radius 1 is 1.40 bits per heavy atom. The molecule has 2 N–H and O–H groups in total. The molecule has 0 radical (unpaired) electrons. The summed E-state index contributed by atoms with van der Waals surface area (Å²) in [6.07, 6.45) is 0. The van der Waals surface area contributed by atoms with Crippen LogP contribution >= 0.6 is 35.2 Å². The zero-order chi connectivity index (χ0) is 17.8. The third kappa shape index (κ3) is 4.55. The number of likely N-dealkylation sites (N-methyl/N-ethyl adjacent to an activating group) is 1. The van der Waals surface area contributed by atoms with Gasteiger partial charge < -0.3 is 14.6 Å². The molecule has 6 nitrogen and oxygen atoms in total. The van der Waals surface area contributed by atoms with Crippen molar-refractivity contribution in [3.63, 3.8) is 0 Å². The van der Waals surface area contributed by atoms with E-state index in [9.17, 15) is 4.79 Å². The van der Waals surface area contributed by atoms with Crippen LogP contribution < -0.4 is 10.2 Å². The van der Waals surface area contributed by atoms with E-state index < -0.39 is 0 Å². The summed E-state index contributed by atoms with van der Waals surface area (Å²) in [6.45, 7) is 0.665. The van der Waals surface area contributed by atoms with Gasteiger partial charge in [-0.3, -0.25) is 4.79 Å². The molecule has 2 aromatic heterocycles. The highest BCUT2D eigenvalue weighted by atomic mass is 35.5. The first kappa shape index (κ1) is 17.8. The van der Waals surface area contributed by atoms with Crippen LogP contribution in [0.15, 0.2) is 46.2 Å². The Morgan fingerprint density at radius 2 is 2.20 bits per heavy atom. The first-order valence-corrected chi connectivity index (χ1v) is 9.17. The Morgan fingerprint density at radius 3 is 2.92 bits per heavy atom. The fourth-order valence-corrected chi connectivity index (χ4v) is 3.26. The van der Waals surface area contributed by atoms with Gasteiger partial charge in [0.1, 0.15) is 0 Å². The SMILES string of the molecule is C[NH+](CC(=O)Nc1ccccc1Cl)Cn1nc(-c2cccs2)oc1=S. The number of rotatable bonds is 6. The number of halogens is 1. The number of hydrogen-bond acceptors (Lipinski definition) is 5. The number of para-hydroxylation sites is 1. The molecule has 1 amide bonds. The number of quaternary nitrogens is 1. The lowest BCUT2D eigenvalue weighted by molar-refractivity contribution is -0.895. The van der Waals surface area contributed by atoms with Gasteiger partial charge in [-0.1, -0.05) is 29.8 Å². The average molecular weight is 396 g/mol. The number of carbonyl (C=O) groups excluding carboxylic acids is 1. The minimum Gasteiger partial charge on any atom is -0.408 e. The molecular formula is C16H16ClN4O2S2+. The van der Waals surface area contributed by atoms with Gasteiger partial charge in [0.05, 0.1) is 22.6 Å². The molecule has 3 rings (SSSR count). The zero-order valence-corrected chi connectivity index (χ0v) is 15.7. The van der Waals surface area contributed by atoms with Crippen molar-refractivity contribution in [1.82, 2.24) is 9.78 Å². The highest BCUT2D eigenvalue weighted by Crippen LogP contribution is 2.22. The molecule has 0 bridgehead atoms. The van der Waals surface area contributed by atoms with Gasteiger partial charge in [-0.2, -0.15) is 4.68 Å². The Hall–Kier alpha value is -2.00. The zero-order valence-electron chi connectivity index (χ0n) is 13.4. The van der Waals surface area contributed by atoms with Gasteiger partial charge in [0.2, 0.25) is 0 Å². The monoisotopic (exact) mass is 395 g/mol. The molecule has 2 heterocycles. The lowest BCUT2D eigenvalue weighted by atomic mass is 10.3. The van der Waals surface area contributed by atoms with Crippen LogP contribution in [0.2, 0.25) is 5.02 Å². The number of thiophene rings is 1. The molecule has 0 saturated heterocycles. The predicted molar refractivity (Wildman–Crippen MR) is 100 cm³/mol. The number of hydrogen-bond donors (Lipinski definition) is 2. The van der Waals surface area contributed by atoms with Crippen LogP contribution in [0.4, 0.5) is 5.69 Å². The number of aromatic nitrogens is 2. The van der Waals surface area contributed by atoms with Crippen molar-refractivity contribution >= 4 is 46.8 Å². The Bertz CT molecular complexity index is 920. The lowest BCUT2D eigenvalue weighted by Crippen LogP contribution is -3.09. The maximum atomic E-state index is 12.2. The maximum Gasteiger partial charge on any atom is 0.292 e. The molecule has 0 aliphatic heterocycles. The summed E-state index contributed by atoms with van der Waals surface area (Å²) in [5, 5.41) is 9.64. The summed E-state index contributed by atoms with van der Waals surface area (Å²) < 4.78 is 7.11. The number of nitrogens with zero attached hydrogens (tertiary/aromatic N) is 2. The first-order chi connectivity index (χ1) is 12.0. The van der Waals surface area contributed by atoms with E-state index in [1.165, 1.54) is 11.3 Å². The first-order valence-electron chi connectivity index (χ1n) is 7.50. The number of benzene rings is 1. The topological polar surface area (TPSA) is 64.5 Å². The smallest absolute Gasteiger partial charge is 0.292 e. The van der Waals surface area contributed by atoms with Gasteiger partial charge in [-0.25, -0.2) is 0 Å². The average Bonchev–Trinajstić information content (AvgIpc) is 3.20. The molecule has 3 aromatic rings. The van der Waals surface area contributed by atoms with Gasteiger partial charge >= 0.3 is 0 Å². The summed E-state index contributed by atoms with van der Waals surface area (Å²) in [6, 6.07) is 11.0. The van der Waals surface area contributed by atoms with Crippen molar-refractivity contribution in [2.24, 2.45) is 0 Å². The summed E-state index contributed by atoms with van der Waals surface area (Å²) in [5.74, 6) is 0.354. The second-order valence-electron chi connectivity index (χ2n) is 5.47. The summed E-state index contributed by atoms with van der Waals surface area (Å²) in [7, 11) is 1.88. The van der Waals surface area contributed by atoms with Gasteiger partial charge in [0.25, 0.3) is 16.6 Å². The molecule has 9 heteroatoms. The van der Waals surface area contributed by atoms with Crippen molar-refractivity contribution in [3.8, 4) is 10.8 Å². The summed E-state index contributed by atoms with van der Waals surface area (Å²) in [5.41, 5.74) is 0.597. The Kier molecular flexibility index (Phi) is 5.64. The van der Waals surface area contributed by atoms with Crippen molar-refractivity contribution < 1.29 is 14.1 Å². The van der Waals surface area contributed by atoms with Gasteiger partial charge in [-0.05, 0) is 35.8 Å². The van der Waals surface area contributed by atoms with Crippen LogP contribution in [-0.2, 0) is 11.5 Å². The van der Waals surface area contributed by atoms with E-state index >= 15 is 0 Å². The quantitative estimate of drug-likeness (QED) is 0.630. The van der Waals surface area contributed by atoms with E-state index in [1.54, 1.807) is 16.8 Å². The number of amides is 1. The van der Waals surface area contributed by atoms with Crippen molar-refractivity contribution in [1.29, 1.82) is 0 Å². The van der Waals surface area contributed by atoms with Gasteiger partial charge in [0.15, 0.2) is 13.2 Å². The molecule has 0 aliphatic carbocycles. The molecule has 0 fully saturated rings. The van der Waals surface area contributed by atoms with E-state index in [4.69, 9.17) is 28.2 Å². The number of nitrogens with one attached hydrogen (secondary N) is 2. The molecule has 130 valence electrons. The van der Waals surface area contributed by atoms with E-state index in [0.29, 0.717) is 23.3 Å². The predicted octanol–water partition coefficient (Wildman–Crippen LogP) is 2.70. The number of carbonyl (C=O) groups is 1. The Labute approximate surface area is 158 Å². The fourth-order valence-electron chi connectivity index (χ4n) is 2.25. The second-order valence-corrected chi connectivity index (χ2v) is 7.17. The van der Waals surface area contributed by atoms with Crippen LogP contribution in [0.25, 0.3) is 10.8 Å². The Balaban J connectivity index is 1.61. The van der Waals surface area contributed by atoms with Gasteiger partial charge in [-0.15, -0.1) is 16.4 Å². The van der Waals surface area contributed by atoms with E-state index in [1.807, 2.05) is 36.7 Å². The normalized spacial score (nSPS) is 12.1. The minimum absolute atomic E-state index is 0.140. The molecule has 25 heavy (non-hydrogen) atoms. The van der Waals surface area contributed by atoms with E-state index in [2.05, 4.69) is 10.4 Å². The molecule has 0 saturated carbocycles. The molecular weight excluding hydrogens is 380 g/mol. The number of anilines is 1. The second kappa shape index (κ2) is 7.92. The minimum atomic E-state index is -0.140. The summed E-state index contributed by atoms with van der Waals surface area (Å²) in [4.78, 5) is 14.3. The van der Waals surface area contributed by atoms with E-state index in [-0.39, 0.29) is 17.3 Å². The molecule has 1 unspecified atom stereocenters. The van der Waals surface area contributed by atoms with Crippen molar-refractivity contribution in [2.75, 3.05) is 18.9 Å².